The Kier molecular flexibility index (Phi) is 3.71. The highest BCUT2D eigenvalue weighted by atomic mass is 16.4. The van der Waals surface area contributed by atoms with Gasteiger partial charge in [-0.3, -0.25) is 10.1 Å². The van der Waals surface area contributed by atoms with Crippen molar-refractivity contribution in [3.63, 3.8) is 0 Å². The third kappa shape index (κ3) is 2.60. The van der Waals surface area contributed by atoms with Crippen LogP contribution in [0.15, 0.2) is 22.8 Å². The van der Waals surface area contributed by atoms with Gasteiger partial charge in [-0.1, -0.05) is 6.92 Å². The van der Waals surface area contributed by atoms with Crippen LogP contribution in [0.5, 0.6) is 0 Å². The minimum Gasteiger partial charge on any atom is -0.480 e. The highest BCUT2D eigenvalue weighted by Crippen LogP contribution is 2.13. The van der Waals surface area contributed by atoms with Crippen LogP contribution < -0.4 is 5.32 Å². The number of hydrogen-bond donors (Lipinski definition) is 2. The fraction of sp³-hybridized carbons (Fsp3) is 0.500. The van der Waals surface area contributed by atoms with E-state index in [-0.39, 0.29) is 6.04 Å². The molecule has 14 heavy (non-hydrogen) atoms. The number of carboxylic acids is 1. The molecule has 0 aliphatic heterocycles. The van der Waals surface area contributed by atoms with Crippen molar-refractivity contribution in [3.05, 3.63) is 24.2 Å². The Morgan fingerprint density at radius 3 is 2.86 bits per heavy atom. The maximum atomic E-state index is 10.7. The molecule has 0 fully saturated rings. The molecule has 0 aliphatic carbocycles. The first kappa shape index (κ1) is 10.8. The van der Waals surface area contributed by atoms with Crippen LogP contribution in [0.2, 0.25) is 0 Å². The normalized spacial score (nSPS) is 15.0. The van der Waals surface area contributed by atoms with Gasteiger partial charge in [0, 0.05) is 0 Å². The van der Waals surface area contributed by atoms with Gasteiger partial charge in [-0.25, -0.2) is 0 Å². The lowest BCUT2D eigenvalue weighted by molar-refractivity contribution is -0.139. The molecule has 1 aromatic rings. The molecule has 0 saturated carbocycles. The van der Waals surface area contributed by atoms with Crippen molar-refractivity contribution in [2.45, 2.75) is 32.4 Å². The molecule has 78 valence electrons. The van der Waals surface area contributed by atoms with E-state index in [1.807, 2.05) is 19.9 Å². The van der Waals surface area contributed by atoms with E-state index in [2.05, 4.69) is 5.32 Å². The van der Waals surface area contributed by atoms with Crippen LogP contribution in [0.25, 0.3) is 0 Å². The van der Waals surface area contributed by atoms with E-state index in [1.54, 1.807) is 12.3 Å². The van der Waals surface area contributed by atoms with Gasteiger partial charge in [0.15, 0.2) is 0 Å². The second-order valence-corrected chi connectivity index (χ2v) is 3.20. The third-order valence-electron chi connectivity index (χ3n) is 2.13. The molecule has 0 radical (unpaired) electrons. The maximum absolute atomic E-state index is 10.7. The van der Waals surface area contributed by atoms with Gasteiger partial charge in [-0.15, -0.1) is 0 Å². The van der Waals surface area contributed by atoms with Gasteiger partial charge in [0.05, 0.1) is 12.3 Å². The third-order valence-corrected chi connectivity index (χ3v) is 2.13. The zero-order valence-electron chi connectivity index (χ0n) is 8.36. The summed E-state index contributed by atoms with van der Waals surface area (Å²) in [6.45, 7) is 3.71. The van der Waals surface area contributed by atoms with Crippen LogP contribution in [0.4, 0.5) is 0 Å². The first-order chi connectivity index (χ1) is 6.65. The first-order valence-electron chi connectivity index (χ1n) is 4.67. The van der Waals surface area contributed by atoms with Crippen molar-refractivity contribution in [2.24, 2.45) is 0 Å². The average molecular weight is 197 g/mol. The van der Waals surface area contributed by atoms with Crippen molar-refractivity contribution < 1.29 is 14.3 Å². The summed E-state index contributed by atoms with van der Waals surface area (Å²) in [5.41, 5.74) is 0. The van der Waals surface area contributed by atoms with Crippen LogP contribution in [-0.4, -0.2) is 17.1 Å². The molecule has 1 aromatic heterocycles. The molecular formula is C10H15NO3. The van der Waals surface area contributed by atoms with Crippen molar-refractivity contribution in [1.29, 1.82) is 0 Å². The van der Waals surface area contributed by atoms with Crippen molar-refractivity contribution in [2.75, 3.05) is 0 Å². The molecule has 0 amide bonds. The van der Waals surface area contributed by atoms with Gasteiger partial charge >= 0.3 is 5.97 Å². The molecule has 4 nitrogen and oxygen atoms in total. The lowest BCUT2D eigenvalue weighted by atomic mass is 10.1. The Labute approximate surface area is 82.9 Å². The monoisotopic (exact) mass is 197 g/mol. The lowest BCUT2D eigenvalue weighted by Crippen LogP contribution is -2.37. The molecule has 0 saturated heterocycles. The molecule has 0 bridgehead atoms. The summed E-state index contributed by atoms with van der Waals surface area (Å²) in [4.78, 5) is 10.7. The van der Waals surface area contributed by atoms with E-state index in [0.717, 1.165) is 5.76 Å². The minimum absolute atomic E-state index is 0.0777. The number of carboxylic acid groups (broad SMARTS) is 1. The van der Waals surface area contributed by atoms with Crippen LogP contribution >= 0.6 is 0 Å². The van der Waals surface area contributed by atoms with Crippen molar-refractivity contribution in [3.8, 4) is 0 Å². The Balaban J connectivity index is 2.55. The highest BCUT2D eigenvalue weighted by Gasteiger charge is 2.18. The summed E-state index contributed by atoms with van der Waals surface area (Å²) >= 11 is 0. The molecule has 0 aromatic carbocycles. The zero-order valence-corrected chi connectivity index (χ0v) is 8.36. The predicted molar refractivity (Wildman–Crippen MR) is 52.0 cm³/mol. The topological polar surface area (TPSA) is 62.5 Å². The molecule has 1 unspecified atom stereocenters. The molecule has 1 rings (SSSR count). The van der Waals surface area contributed by atoms with Gasteiger partial charge < -0.3 is 9.52 Å². The van der Waals surface area contributed by atoms with E-state index in [9.17, 15) is 4.79 Å². The van der Waals surface area contributed by atoms with Gasteiger partial charge in [0.2, 0.25) is 0 Å². The number of nitrogens with one attached hydrogen (secondary N) is 1. The quantitative estimate of drug-likeness (QED) is 0.755. The van der Waals surface area contributed by atoms with E-state index in [1.165, 1.54) is 0 Å². The fourth-order valence-corrected chi connectivity index (χ4v) is 1.29. The summed E-state index contributed by atoms with van der Waals surface area (Å²) < 4.78 is 5.16. The molecule has 2 atom stereocenters. The Morgan fingerprint density at radius 1 is 1.71 bits per heavy atom. The number of carbonyl (C=O) groups is 1. The lowest BCUT2D eigenvalue weighted by Gasteiger charge is -2.16. The second-order valence-electron chi connectivity index (χ2n) is 3.20. The number of hydrogen-bond acceptors (Lipinski definition) is 3. The molecule has 1 heterocycles. The van der Waals surface area contributed by atoms with E-state index >= 15 is 0 Å². The van der Waals surface area contributed by atoms with Crippen LogP contribution in [0.1, 0.15) is 32.1 Å². The number of rotatable bonds is 5. The van der Waals surface area contributed by atoms with Gasteiger partial charge in [-0.2, -0.15) is 0 Å². The SMILES string of the molecule is CCC(N[C@@H](C)c1ccco1)C(=O)O. The van der Waals surface area contributed by atoms with Crippen molar-refractivity contribution in [1.82, 2.24) is 5.32 Å². The molecular weight excluding hydrogens is 182 g/mol. The highest BCUT2D eigenvalue weighted by molar-refractivity contribution is 5.73. The Bertz CT molecular complexity index is 282. The molecule has 4 heteroatoms. The molecule has 0 spiro atoms. The summed E-state index contributed by atoms with van der Waals surface area (Å²) in [6, 6.07) is 3.02. The summed E-state index contributed by atoms with van der Waals surface area (Å²) in [6.07, 6.45) is 2.13. The minimum atomic E-state index is -0.828. The largest absolute Gasteiger partial charge is 0.480 e. The Morgan fingerprint density at radius 2 is 2.43 bits per heavy atom. The first-order valence-corrected chi connectivity index (χ1v) is 4.67. The Hall–Kier alpha value is -1.29. The summed E-state index contributed by atoms with van der Waals surface area (Å²) in [7, 11) is 0. The molecule has 0 aliphatic rings. The van der Waals surface area contributed by atoms with E-state index in [4.69, 9.17) is 9.52 Å². The van der Waals surface area contributed by atoms with Gasteiger partial charge in [0.25, 0.3) is 0 Å². The standard InChI is InChI=1S/C10H15NO3/c1-3-8(10(12)13)11-7(2)9-5-4-6-14-9/h4-8,11H,3H2,1-2H3,(H,12,13)/t7-,8?/m0/s1. The van der Waals surface area contributed by atoms with Crippen LogP contribution in [-0.2, 0) is 4.79 Å². The summed E-state index contributed by atoms with van der Waals surface area (Å²) in [5.74, 6) is -0.0735. The van der Waals surface area contributed by atoms with Crippen LogP contribution in [0, 0.1) is 0 Å². The zero-order chi connectivity index (χ0) is 10.6. The second kappa shape index (κ2) is 4.81. The summed E-state index contributed by atoms with van der Waals surface area (Å²) in [5, 5.41) is 11.8. The number of aliphatic carboxylic acids is 1. The van der Waals surface area contributed by atoms with Crippen molar-refractivity contribution >= 4 is 5.97 Å². The van der Waals surface area contributed by atoms with E-state index < -0.39 is 12.0 Å². The van der Waals surface area contributed by atoms with Gasteiger partial charge in [0.1, 0.15) is 11.8 Å². The fourth-order valence-electron chi connectivity index (χ4n) is 1.29. The predicted octanol–water partition coefficient (Wildman–Crippen LogP) is 1.79. The van der Waals surface area contributed by atoms with E-state index in [0.29, 0.717) is 6.42 Å². The molecule has 2 N–H and O–H groups in total. The smallest absolute Gasteiger partial charge is 0.320 e. The van der Waals surface area contributed by atoms with Crippen LogP contribution in [0.3, 0.4) is 0 Å². The maximum Gasteiger partial charge on any atom is 0.320 e. The number of furan rings is 1. The average Bonchev–Trinajstić information content (AvgIpc) is 2.65. The van der Waals surface area contributed by atoms with Gasteiger partial charge in [-0.05, 0) is 25.5 Å².